The Balaban J connectivity index is 1.96. The van der Waals surface area contributed by atoms with E-state index in [1.807, 2.05) is 18.0 Å². The molecule has 2 heterocycles. The quantitative estimate of drug-likeness (QED) is 0.407. The van der Waals surface area contributed by atoms with Gasteiger partial charge in [-0.2, -0.15) is 0 Å². The summed E-state index contributed by atoms with van der Waals surface area (Å²) in [5.74, 6) is 5.57. The number of aryl methyl sites for hydroxylation is 1. The molecule has 118 valence electrons. The third-order valence-electron chi connectivity index (χ3n) is 3.72. The number of nitrogens with two attached hydrogens (primary N) is 1. The summed E-state index contributed by atoms with van der Waals surface area (Å²) >= 11 is 0. The predicted octanol–water partition coefficient (Wildman–Crippen LogP) is 0.165. The summed E-state index contributed by atoms with van der Waals surface area (Å²) in [4.78, 5) is 13.5. The average Bonchev–Trinajstić information content (AvgIpc) is 2.78. The van der Waals surface area contributed by atoms with E-state index < -0.39 is 11.5 Å². The van der Waals surface area contributed by atoms with Gasteiger partial charge in [0, 0.05) is 38.2 Å². The molecule has 1 aromatic heterocycles. The molecule has 7 heteroatoms. The lowest BCUT2D eigenvalue weighted by atomic mass is 9.94. The van der Waals surface area contributed by atoms with Crippen LogP contribution in [-0.4, -0.2) is 48.3 Å². The highest BCUT2D eigenvalue weighted by molar-refractivity contribution is 5.92. The van der Waals surface area contributed by atoms with Crippen LogP contribution in [0.2, 0.25) is 0 Å². The van der Waals surface area contributed by atoms with Gasteiger partial charge in [-0.15, -0.1) is 0 Å². The van der Waals surface area contributed by atoms with E-state index in [-0.39, 0.29) is 5.76 Å². The molecule has 7 nitrogen and oxygen atoms in total. The van der Waals surface area contributed by atoms with E-state index in [9.17, 15) is 9.90 Å². The van der Waals surface area contributed by atoms with E-state index >= 15 is 0 Å². The van der Waals surface area contributed by atoms with Crippen molar-refractivity contribution in [2.24, 2.45) is 5.84 Å². The maximum Gasteiger partial charge on any atom is 0.301 e. The third kappa shape index (κ3) is 4.04. The molecule has 1 aromatic rings. The lowest BCUT2D eigenvalue weighted by molar-refractivity contribution is -0.0782. The highest BCUT2D eigenvalue weighted by atomic mass is 16.5. The summed E-state index contributed by atoms with van der Waals surface area (Å²) in [6.07, 6.45) is 1.27. The minimum Gasteiger partial charge on any atom is -0.454 e. The molecule has 1 aliphatic rings. The Morgan fingerprint density at radius 3 is 2.81 bits per heavy atom. The zero-order valence-corrected chi connectivity index (χ0v) is 12.5. The second-order valence-electron chi connectivity index (χ2n) is 5.71. The Morgan fingerprint density at radius 2 is 2.19 bits per heavy atom. The van der Waals surface area contributed by atoms with Crippen LogP contribution in [0, 0.1) is 6.92 Å². The van der Waals surface area contributed by atoms with E-state index in [4.69, 9.17) is 15.0 Å². The predicted molar refractivity (Wildman–Crippen MR) is 76.4 cm³/mol. The van der Waals surface area contributed by atoms with Crippen molar-refractivity contribution in [1.29, 1.82) is 0 Å². The summed E-state index contributed by atoms with van der Waals surface area (Å²) < 4.78 is 10.8. The highest BCUT2D eigenvalue weighted by Crippen LogP contribution is 2.23. The van der Waals surface area contributed by atoms with E-state index in [0.29, 0.717) is 44.9 Å². The van der Waals surface area contributed by atoms with Gasteiger partial charge in [0.1, 0.15) is 5.76 Å². The van der Waals surface area contributed by atoms with E-state index in [1.54, 1.807) is 6.92 Å². The zero-order chi connectivity index (χ0) is 15.5. The lowest BCUT2D eigenvalue weighted by Gasteiger charge is -2.35. The fourth-order valence-electron chi connectivity index (χ4n) is 2.65. The van der Waals surface area contributed by atoms with Crippen molar-refractivity contribution >= 4 is 5.91 Å². The summed E-state index contributed by atoms with van der Waals surface area (Å²) in [6.45, 7) is 4.02. The summed E-state index contributed by atoms with van der Waals surface area (Å²) in [7, 11) is 1.91. The minimum atomic E-state index is -0.716. The van der Waals surface area contributed by atoms with Gasteiger partial charge in [-0.3, -0.25) is 15.1 Å². The Morgan fingerprint density at radius 1 is 1.52 bits per heavy atom. The highest BCUT2D eigenvalue weighted by Gasteiger charge is 2.31. The number of nitrogen functional groups attached to an aromatic ring is 1. The van der Waals surface area contributed by atoms with E-state index in [1.165, 1.54) is 0 Å². The Hall–Kier alpha value is -1.41. The molecule has 21 heavy (non-hydrogen) atoms. The molecule has 1 aliphatic heterocycles. The second kappa shape index (κ2) is 6.57. The van der Waals surface area contributed by atoms with Gasteiger partial charge in [0.05, 0.1) is 12.1 Å². The first-order valence-corrected chi connectivity index (χ1v) is 7.02. The van der Waals surface area contributed by atoms with Gasteiger partial charge in [0.2, 0.25) is 0 Å². The zero-order valence-electron chi connectivity index (χ0n) is 12.5. The number of nitrogens with zero attached hydrogens (tertiary/aromatic N) is 1. The number of ether oxygens (including phenoxy) is 1. The molecular weight excluding hydrogens is 274 g/mol. The van der Waals surface area contributed by atoms with Gasteiger partial charge in [0.25, 0.3) is 0 Å². The van der Waals surface area contributed by atoms with Crippen molar-refractivity contribution in [2.45, 2.75) is 31.9 Å². The van der Waals surface area contributed by atoms with Gasteiger partial charge in [-0.25, -0.2) is 5.84 Å². The molecule has 0 atom stereocenters. The number of hydrogen-bond acceptors (Lipinski definition) is 6. The Bertz CT molecular complexity index is 494. The minimum absolute atomic E-state index is 0.227. The van der Waals surface area contributed by atoms with Gasteiger partial charge < -0.3 is 14.3 Å². The molecular formula is C14H23N3O4. The van der Waals surface area contributed by atoms with Crippen LogP contribution >= 0.6 is 0 Å². The van der Waals surface area contributed by atoms with Crippen LogP contribution in [0.1, 0.15) is 34.7 Å². The number of aliphatic hydroxyl groups is 1. The maximum atomic E-state index is 11.5. The van der Waals surface area contributed by atoms with Crippen molar-refractivity contribution in [3.8, 4) is 0 Å². The normalized spacial score (nSPS) is 18.0. The van der Waals surface area contributed by atoms with Gasteiger partial charge in [-0.1, -0.05) is 0 Å². The molecule has 0 spiro atoms. The van der Waals surface area contributed by atoms with Crippen molar-refractivity contribution in [1.82, 2.24) is 10.3 Å². The van der Waals surface area contributed by atoms with Crippen LogP contribution in [0.15, 0.2) is 10.5 Å². The average molecular weight is 297 g/mol. The fourth-order valence-corrected chi connectivity index (χ4v) is 2.65. The van der Waals surface area contributed by atoms with Crippen molar-refractivity contribution in [3.05, 3.63) is 23.2 Å². The number of furan rings is 1. The summed E-state index contributed by atoms with van der Waals surface area (Å²) in [5.41, 5.74) is 2.09. The maximum absolute atomic E-state index is 11.5. The number of hydrazine groups is 1. The monoisotopic (exact) mass is 297 g/mol. The van der Waals surface area contributed by atoms with Crippen LogP contribution in [0.25, 0.3) is 0 Å². The molecule has 1 amide bonds. The number of carbonyl (C=O) groups is 1. The number of hydrogen-bond donors (Lipinski definition) is 3. The van der Waals surface area contributed by atoms with Crippen molar-refractivity contribution in [3.63, 3.8) is 0 Å². The molecule has 0 aromatic carbocycles. The third-order valence-corrected chi connectivity index (χ3v) is 3.72. The van der Waals surface area contributed by atoms with E-state index in [2.05, 4.69) is 5.43 Å². The smallest absolute Gasteiger partial charge is 0.301 e. The lowest BCUT2D eigenvalue weighted by Crippen LogP contribution is -2.45. The first kappa shape index (κ1) is 16.0. The Labute approximate surface area is 124 Å². The molecule has 4 N–H and O–H groups in total. The van der Waals surface area contributed by atoms with Crippen LogP contribution < -0.4 is 11.3 Å². The molecule has 0 unspecified atom stereocenters. The summed E-state index contributed by atoms with van der Waals surface area (Å²) in [6, 6.07) is 1.81. The first-order valence-electron chi connectivity index (χ1n) is 7.02. The SMILES string of the molecule is Cc1cc(CN(C)CC2(O)CCOCC2)oc1C(=O)NN. The molecule has 1 fully saturated rings. The molecule has 0 radical (unpaired) electrons. The summed E-state index contributed by atoms with van der Waals surface area (Å²) in [5, 5.41) is 10.5. The van der Waals surface area contributed by atoms with Gasteiger partial charge in [0.15, 0.2) is 5.76 Å². The largest absolute Gasteiger partial charge is 0.454 e. The van der Waals surface area contributed by atoms with Crippen molar-refractivity contribution < 1.29 is 19.1 Å². The first-order chi connectivity index (χ1) is 9.93. The number of amides is 1. The van der Waals surface area contributed by atoms with Crippen LogP contribution in [0.4, 0.5) is 0 Å². The molecule has 0 aliphatic carbocycles. The fraction of sp³-hybridized carbons (Fsp3) is 0.643. The molecule has 2 rings (SSSR count). The number of nitrogens with one attached hydrogen (secondary N) is 1. The number of carbonyl (C=O) groups excluding carboxylic acids is 1. The van der Waals surface area contributed by atoms with Crippen LogP contribution in [0.3, 0.4) is 0 Å². The van der Waals surface area contributed by atoms with Crippen LogP contribution in [-0.2, 0) is 11.3 Å². The Kier molecular flexibility index (Phi) is 5.00. The molecule has 0 saturated carbocycles. The van der Waals surface area contributed by atoms with Gasteiger partial charge >= 0.3 is 5.91 Å². The van der Waals surface area contributed by atoms with Crippen LogP contribution in [0.5, 0.6) is 0 Å². The second-order valence-corrected chi connectivity index (χ2v) is 5.71. The topological polar surface area (TPSA) is 101 Å². The van der Waals surface area contributed by atoms with Crippen molar-refractivity contribution in [2.75, 3.05) is 26.8 Å². The standard InChI is InChI=1S/C14H23N3O4/c1-10-7-11(21-12(10)13(18)16-15)8-17(2)9-14(19)3-5-20-6-4-14/h7,19H,3-6,8-9,15H2,1-2H3,(H,16,18). The van der Waals surface area contributed by atoms with Gasteiger partial charge in [-0.05, 0) is 20.0 Å². The van der Waals surface area contributed by atoms with E-state index in [0.717, 1.165) is 5.56 Å². The number of likely N-dealkylation sites (N-methyl/N-ethyl adjacent to an activating group) is 1. The number of rotatable bonds is 5. The molecule has 1 saturated heterocycles. The molecule has 0 bridgehead atoms.